The average Bonchev–Trinajstić information content (AvgIpc) is 3.51. The van der Waals surface area contributed by atoms with E-state index in [1.807, 2.05) is 30.3 Å². The van der Waals surface area contributed by atoms with Crippen molar-refractivity contribution in [2.24, 2.45) is 0 Å². The monoisotopic (exact) mass is 415 g/mol. The van der Waals surface area contributed by atoms with Crippen molar-refractivity contribution in [3.63, 3.8) is 0 Å². The van der Waals surface area contributed by atoms with Gasteiger partial charge >= 0.3 is 0 Å². The summed E-state index contributed by atoms with van der Waals surface area (Å²) >= 11 is 0. The lowest BCUT2D eigenvalue weighted by Crippen LogP contribution is -2.34. The van der Waals surface area contributed by atoms with E-state index in [9.17, 15) is 5.11 Å². The Hall–Kier alpha value is -3.26. The Balaban J connectivity index is 1.23. The van der Waals surface area contributed by atoms with Crippen molar-refractivity contribution in [3.05, 3.63) is 66.7 Å². The van der Waals surface area contributed by atoms with Gasteiger partial charge < -0.3 is 24.3 Å². The number of rotatable bonds is 4. The van der Waals surface area contributed by atoms with Crippen LogP contribution in [0.5, 0.6) is 6.01 Å². The molecule has 7 heteroatoms. The van der Waals surface area contributed by atoms with E-state index in [1.165, 1.54) is 5.56 Å². The van der Waals surface area contributed by atoms with Gasteiger partial charge in [0.2, 0.25) is 0 Å². The van der Waals surface area contributed by atoms with Crippen molar-refractivity contribution in [2.75, 3.05) is 13.2 Å². The lowest BCUT2D eigenvalue weighted by molar-refractivity contribution is 0.00706. The van der Waals surface area contributed by atoms with Gasteiger partial charge in [0.15, 0.2) is 11.8 Å². The quantitative estimate of drug-likeness (QED) is 0.532. The standard InChI is InChI=1S/C24H21N3O4/c28-19-12-29-22-20(13-30-21(19)22)31-24-26-18-11-10-17(25-23(18)27-24)16-8-6-15(7-9-16)14-4-2-1-3-5-14/h1-11,19-22,28H,12-13H2,(H,25,26,27)/t19-,20-,21-,22-/m1/s1. The second kappa shape index (κ2) is 7.46. The van der Waals surface area contributed by atoms with Gasteiger partial charge in [-0.25, -0.2) is 4.98 Å². The first-order valence-corrected chi connectivity index (χ1v) is 10.4. The van der Waals surface area contributed by atoms with E-state index >= 15 is 0 Å². The third-order valence-electron chi connectivity index (χ3n) is 5.86. The number of nitrogens with one attached hydrogen (secondary N) is 1. The van der Waals surface area contributed by atoms with Crippen LogP contribution in [0.25, 0.3) is 33.5 Å². The summed E-state index contributed by atoms with van der Waals surface area (Å²) in [5.41, 5.74) is 5.59. The summed E-state index contributed by atoms with van der Waals surface area (Å²) in [5, 5.41) is 9.88. The number of aromatic nitrogens is 3. The van der Waals surface area contributed by atoms with Crippen molar-refractivity contribution in [1.82, 2.24) is 15.0 Å². The van der Waals surface area contributed by atoms with Crippen LogP contribution < -0.4 is 4.74 Å². The van der Waals surface area contributed by atoms with Gasteiger partial charge in [-0.3, -0.25) is 0 Å². The highest BCUT2D eigenvalue weighted by Crippen LogP contribution is 2.30. The molecular weight excluding hydrogens is 394 g/mol. The van der Waals surface area contributed by atoms with Crippen LogP contribution in [-0.2, 0) is 9.47 Å². The summed E-state index contributed by atoms with van der Waals surface area (Å²) in [6, 6.07) is 22.9. The molecule has 2 N–H and O–H groups in total. The molecule has 2 aromatic carbocycles. The lowest BCUT2D eigenvalue weighted by atomic mass is 10.0. The highest BCUT2D eigenvalue weighted by molar-refractivity contribution is 5.76. The molecule has 2 saturated heterocycles. The molecule has 0 spiro atoms. The highest BCUT2D eigenvalue weighted by atomic mass is 16.6. The topological polar surface area (TPSA) is 89.5 Å². The van der Waals surface area contributed by atoms with E-state index in [0.717, 1.165) is 22.3 Å². The molecule has 2 fully saturated rings. The predicted molar refractivity (Wildman–Crippen MR) is 115 cm³/mol. The normalized spacial score (nSPS) is 25.1. The number of benzene rings is 2. The summed E-state index contributed by atoms with van der Waals surface area (Å²) in [4.78, 5) is 12.3. The van der Waals surface area contributed by atoms with Crippen LogP contribution >= 0.6 is 0 Å². The second-order valence-corrected chi connectivity index (χ2v) is 7.87. The molecular formula is C24H21N3O4. The van der Waals surface area contributed by atoms with E-state index in [-0.39, 0.29) is 24.9 Å². The van der Waals surface area contributed by atoms with Crippen molar-refractivity contribution in [3.8, 4) is 28.4 Å². The molecule has 0 aliphatic carbocycles. The fourth-order valence-electron chi connectivity index (χ4n) is 4.24. The summed E-state index contributed by atoms with van der Waals surface area (Å²) in [5.74, 6) is 0. The molecule has 4 atom stereocenters. The molecule has 156 valence electrons. The first-order valence-electron chi connectivity index (χ1n) is 10.4. The molecule has 0 bridgehead atoms. The molecule has 4 aromatic rings. The minimum absolute atomic E-state index is 0.267. The fourth-order valence-corrected chi connectivity index (χ4v) is 4.24. The first-order chi connectivity index (χ1) is 15.2. The van der Waals surface area contributed by atoms with Crippen molar-refractivity contribution in [2.45, 2.75) is 24.4 Å². The zero-order valence-corrected chi connectivity index (χ0v) is 16.6. The molecule has 0 unspecified atom stereocenters. The average molecular weight is 415 g/mol. The Labute approximate surface area is 178 Å². The Morgan fingerprint density at radius 2 is 1.55 bits per heavy atom. The number of nitrogens with zero attached hydrogens (tertiary/aromatic N) is 2. The van der Waals surface area contributed by atoms with Gasteiger partial charge in [0.25, 0.3) is 6.01 Å². The zero-order valence-electron chi connectivity index (χ0n) is 16.6. The number of fused-ring (bicyclic) bond motifs is 2. The Morgan fingerprint density at radius 1 is 0.806 bits per heavy atom. The fraction of sp³-hybridized carbons (Fsp3) is 0.250. The number of aliphatic hydroxyl groups excluding tert-OH is 1. The number of aliphatic hydroxyl groups is 1. The minimum atomic E-state index is -0.605. The molecule has 31 heavy (non-hydrogen) atoms. The van der Waals surface area contributed by atoms with Gasteiger partial charge in [-0.05, 0) is 23.3 Å². The van der Waals surface area contributed by atoms with Gasteiger partial charge in [0, 0.05) is 5.56 Å². The molecule has 2 aromatic heterocycles. The van der Waals surface area contributed by atoms with E-state index in [2.05, 4.69) is 46.4 Å². The number of aromatic amines is 1. The van der Waals surface area contributed by atoms with Crippen LogP contribution in [0.2, 0.25) is 0 Å². The maximum Gasteiger partial charge on any atom is 0.296 e. The number of ether oxygens (including phenoxy) is 3. The molecule has 6 rings (SSSR count). The predicted octanol–water partition coefficient (Wildman–Crippen LogP) is 3.20. The van der Waals surface area contributed by atoms with E-state index in [1.54, 1.807) is 0 Å². The molecule has 0 saturated carbocycles. The highest BCUT2D eigenvalue weighted by Gasteiger charge is 2.48. The van der Waals surface area contributed by atoms with Gasteiger partial charge in [-0.2, -0.15) is 4.98 Å². The number of pyridine rings is 1. The number of imidazole rings is 1. The Bertz CT molecular complexity index is 1210. The van der Waals surface area contributed by atoms with Gasteiger partial charge in [-0.15, -0.1) is 0 Å². The summed E-state index contributed by atoms with van der Waals surface area (Å²) < 4.78 is 17.2. The summed E-state index contributed by atoms with van der Waals surface area (Å²) in [6.45, 7) is 0.624. The van der Waals surface area contributed by atoms with Crippen molar-refractivity contribution >= 4 is 11.2 Å². The number of H-pyrrole nitrogens is 1. The van der Waals surface area contributed by atoms with Crippen molar-refractivity contribution < 1.29 is 19.3 Å². The van der Waals surface area contributed by atoms with Gasteiger partial charge in [0.05, 0.1) is 24.4 Å². The minimum Gasteiger partial charge on any atom is -0.456 e. The van der Waals surface area contributed by atoms with Crippen LogP contribution in [0.15, 0.2) is 66.7 Å². The SMILES string of the molecule is O[C@@H]1CO[C@H]2[C@@H]1OC[C@H]2Oc1nc2nc(-c3ccc(-c4ccccc4)cc3)ccc2[nH]1. The molecule has 2 aliphatic heterocycles. The third kappa shape index (κ3) is 3.37. The summed E-state index contributed by atoms with van der Waals surface area (Å²) in [7, 11) is 0. The molecule has 4 heterocycles. The molecule has 2 aliphatic rings. The lowest BCUT2D eigenvalue weighted by Gasteiger charge is -2.15. The van der Waals surface area contributed by atoms with Gasteiger partial charge in [0.1, 0.15) is 18.3 Å². The van der Waals surface area contributed by atoms with E-state index in [0.29, 0.717) is 18.3 Å². The molecule has 0 amide bonds. The van der Waals surface area contributed by atoms with E-state index < -0.39 is 6.10 Å². The molecule has 0 radical (unpaired) electrons. The van der Waals surface area contributed by atoms with Crippen molar-refractivity contribution in [1.29, 1.82) is 0 Å². The first kappa shape index (κ1) is 18.5. The largest absolute Gasteiger partial charge is 0.456 e. The zero-order chi connectivity index (χ0) is 20.8. The smallest absolute Gasteiger partial charge is 0.296 e. The number of hydrogen-bond donors (Lipinski definition) is 2. The Morgan fingerprint density at radius 3 is 2.39 bits per heavy atom. The van der Waals surface area contributed by atoms with Crippen LogP contribution in [0.3, 0.4) is 0 Å². The maximum absolute atomic E-state index is 9.88. The molecule has 7 nitrogen and oxygen atoms in total. The Kier molecular flexibility index (Phi) is 4.45. The second-order valence-electron chi connectivity index (χ2n) is 7.87. The van der Waals surface area contributed by atoms with Crippen LogP contribution in [0.1, 0.15) is 0 Å². The van der Waals surface area contributed by atoms with Crippen LogP contribution in [0, 0.1) is 0 Å². The van der Waals surface area contributed by atoms with Crippen LogP contribution in [0.4, 0.5) is 0 Å². The summed E-state index contributed by atoms with van der Waals surface area (Å²) in [6.07, 6.45) is -1.53. The van der Waals surface area contributed by atoms with Gasteiger partial charge in [-0.1, -0.05) is 54.6 Å². The van der Waals surface area contributed by atoms with E-state index in [4.69, 9.17) is 19.2 Å². The number of hydrogen-bond acceptors (Lipinski definition) is 6. The van der Waals surface area contributed by atoms with Crippen LogP contribution in [-0.4, -0.2) is 57.7 Å². The third-order valence-corrected chi connectivity index (χ3v) is 5.86. The maximum atomic E-state index is 9.88.